The number of amides is 1. The van der Waals surface area contributed by atoms with Gasteiger partial charge in [0, 0.05) is 49.2 Å². The predicted octanol–water partition coefficient (Wildman–Crippen LogP) is 1.80. The van der Waals surface area contributed by atoms with Gasteiger partial charge in [-0.3, -0.25) is 4.79 Å². The number of morpholine rings is 1. The third-order valence-electron chi connectivity index (χ3n) is 5.26. The number of carbonyl (C=O) groups excluding carboxylic acids is 1. The molecule has 128 valence electrons. The summed E-state index contributed by atoms with van der Waals surface area (Å²) in [5.74, 6) is 0.206. The van der Waals surface area contributed by atoms with Crippen LogP contribution in [0.1, 0.15) is 16.8 Å². The first kappa shape index (κ1) is 15.7. The highest BCUT2D eigenvalue weighted by atomic mass is 16.5. The molecule has 24 heavy (non-hydrogen) atoms. The van der Waals surface area contributed by atoms with Gasteiger partial charge in [0.25, 0.3) is 0 Å². The van der Waals surface area contributed by atoms with Gasteiger partial charge >= 0.3 is 0 Å². The summed E-state index contributed by atoms with van der Waals surface area (Å²) < 4.78 is 7.62. The lowest BCUT2D eigenvalue weighted by molar-refractivity contribution is -0.135. The van der Waals surface area contributed by atoms with Crippen molar-refractivity contribution < 1.29 is 9.53 Å². The van der Waals surface area contributed by atoms with Crippen molar-refractivity contribution in [3.8, 4) is 0 Å². The van der Waals surface area contributed by atoms with Gasteiger partial charge < -0.3 is 19.1 Å². The molecule has 2 aliphatic heterocycles. The van der Waals surface area contributed by atoms with Crippen LogP contribution in [-0.4, -0.2) is 60.2 Å². The van der Waals surface area contributed by atoms with Crippen LogP contribution in [0.3, 0.4) is 0 Å². The minimum absolute atomic E-state index is 0.206. The van der Waals surface area contributed by atoms with Crippen molar-refractivity contribution in [3.05, 3.63) is 35.0 Å². The molecule has 0 unspecified atom stereocenters. The Bertz CT molecular complexity index is 775. The Hall–Kier alpha value is -1.85. The molecule has 0 radical (unpaired) electrons. The molecule has 0 spiro atoms. The smallest absolute Gasteiger partial charge is 0.242 e. The summed E-state index contributed by atoms with van der Waals surface area (Å²) in [6.07, 6.45) is 1.01. The minimum Gasteiger partial charge on any atom is -0.378 e. The number of hydrogen-bond acceptors (Lipinski definition) is 3. The van der Waals surface area contributed by atoms with Crippen LogP contribution in [-0.2, 0) is 29.0 Å². The van der Waals surface area contributed by atoms with Crippen molar-refractivity contribution in [2.45, 2.75) is 26.4 Å². The fourth-order valence-electron chi connectivity index (χ4n) is 3.93. The second kappa shape index (κ2) is 6.22. The SMILES string of the molecule is Cc1ccc2c(c1)c1c(n2CC(=O)N2CCOCC2)CCN(C)C1. The average Bonchev–Trinajstić information content (AvgIpc) is 2.88. The van der Waals surface area contributed by atoms with Gasteiger partial charge in [-0.15, -0.1) is 0 Å². The Kier molecular flexibility index (Phi) is 4.06. The molecule has 1 saturated heterocycles. The van der Waals surface area contributed by atoms with Crippen LogP contribution >= 0.6 is 0 Å². The zero-order chi connectivity index (χ0) is 16.7. The molecule has 0 saturated carbocycles. The van der Waals surface area contributed by atoms with Crippen LogP contribution in [0.15, 0.2) is 18.2 Å². The first-order valence-corrected chi connectivity index (χ1v) is 8.78. The third kappa shape index (κ3) is 2.72. The number of aryl methyl sites for hydroxylation is 1. The Morgan fingerprint density at radius 1 is 1.21 bits per heavy atom. The van der Waals surface area contributed by atoms with Gasteiger partial charge in [-0.2, -0.15) is 0 Å². The number of ether oxygens (including phenoxy) is 1. The Labute approximate surface area is 142 Å². The van der Waals surface area contributed by atoms with Gasteiger partial charge in [-0.1, -0.05) is 11.6 Å². The molecule has 0 aliphatic carbocycles. The largest absolute Gasteiger partial charge is 0.378 e. The van der Waals surface area contributed by atoms with E-state index in [1.54, 1.807) is 0 Å². The molecular formula is C19H25N3O2. The van der Waals surface area contributed by atoms with E-state index < -0.39 is 0 Å². The van der Waals surface area contributed by atoms with Gasteiger partial charge in [0.1, 0.15) is 6.54 Å². The van der Waals surface area contributed by atoms with Crippen LogP contribution < -0.4 is 0 Å². The molecule has 0 atom stereocenters. The predicted molar refractivity (Wildman–Crippen MR) is 94.1 cm³/mol. The second-order valence-corrected chi connectivity index (χ2v) is 7.01. The standard InChI is InChI=1S/C19H25N3O2/c1-14-3-4-17-15(11-14)16-12-20(2)6-5-18(16)22(17)13-19(23)21-7-9-24-10-8-21/h3-4,11H,5-10,12-13H2,1-2H3. The fourth-order valence-corrected chi connectivity index (χ4v) is 3.93. The maximum Gasteiger partial charge on any atom is 0.242 e. The number of rotatable bonds is 2. The number of benzene rings is 1. The number of fused-ring (bicyclic) bond motifs is 3. The maximum atomic E-state index is 12.8. The van der Waals surface area contributed by atoms with E-state index >= 15 is 0 Å². The van der Waals surface area contributed by atoms with Crippen LogP contribution in [0.25, 0.3) is 10.9 Å². The van der Waals surface area contributed by atoms with Gasteiger partial charge in [0.2, 0.25) is 5.91 Å². The van der Waals surface area contributed by atoms with Gasteiger partial charge in [-0.25, -0.2) is 0 Å². The summed E-state index contributed by atoms with van der Waals surface area (Å²) >= 11 is 0. The van der Waals surface area contributed by atoms with E-state index in [-0.39, 0.29) is 5.91 Å². The number of nitrogens with zero attached hydrogens (tertiary/aromatic N) is 3. The zero-order valence-electron chi connectivity index (χ0n) is 14.5. The number of carbonyl (C=O) groups is 1. The van der Waals surface area contributed by atoms with Crippen molar-refractivity contribution in [2.24, 2.45) is 0 Å². The van der Waals surface area contributed by atoms with Crippen LogP contribution in [0.5, 0.6) is 0 Å². The Morgan fingerprint density at radius 2 is 2.00 bits per heavy atom. The Morgan fingerprint density at radius 3 is 2.79 bits per heavy atom. The molecule has 2 aromatic rings. The molecule has 2 aliphatic rings. The highest BCUT2D eigenvalue weighted by molar-refractivity contribution is 5.88. The first-order chi connectivity index (χ1) is 11.6. The van der Waals surface area contributed by atoms with Crippen molar-refractivity contribution in [1.29, 1.82) is 0 Å². The summed E-state index contributed by atoms with van der Waals surface area (Å²) in [4.78, 5) is 17.1. The second-order valence-electron chi connectivity index (χ2n) is 7.01. The van der Waals surface area contributed by atoms with Gasteiger partial charge in [0.05, 0.1) is 13.2 Å². The van der Waals surface area contributed by atoms with E-state index in [4.69, 9.17) is 4.74 Å². The molecule has 0 N–H and O–H groups in total. The number of hydrogen-bond donors (Lipinski definition) is 0. The summed E-state index contributed by atoms with van der Waals surface area (Å²) in [6.45, 7) is 7.32. The van der Waals surface area contributed by atoms with E-state index in [1.807, 2.05) is 4.90 Å². The maximum absolute atomic E-state index is 12.8. The van der Waals surface area contributed by atoms with Crippen LogP contribution in [0.2, 0.25) is 0 Å². The quantitative estimate of drug-likeness (QED) is 0.844. The fraction of sp³-hybridized carbons (Fsp3) is 0.526. The summed E-state index contributed by atoms with van der Waals surface area (Å²) in [6, 6.07) is 6.59. The van der Waals surface area contributed by atoms with Crippen molar-refractivity contribution in [3.63, 3.8) is 0 Å². The van der Waals surface area contributed by atoms with E-state index in [1.165, 1.54) is 27.7 Å². The van der Waals surface area contributed by atoms with E-state index in [9.17, 15) is 4.79 Å². The highest BCUT2D eigenvalue weighted by Gasteiger charge is 2.25. The van der Waals surface area contributed by atoms with E-state index in [0.29, 0.717) is 32.8 Å². The molecule has 4 rings (SSSR count). The molecular weight excluding hydrogens is 302 g/mol. The first-order valence-electron chi connectivity index (χ1n) is 8.78. The third-order valence-corrected chi connectivity index (χ3v) is 5.26. The lowest BCUT2D eigenvalue weighted by atomic mass is 10.0. The zero-order valence-corrected chi connectivity index (χ0v) is 14.5. The van der Waals surface area contributed by atoms with Crippen LogP contribution in [0.4, 0.5) is 0 Å². The average molecular weight is 327 g/mol. The molecule has 1 amide bonds. The summed E-state index contributed by atoms with van der Waals surface area (Å²) in [5.41, 5.74) is 5.21. The molecule has 5 heteroatoms. The number of likely N-dealkylation sites (N-methyl/N-ethyl adjacent to an activating group) is 1. The van der Waals surface area contributed by atoms with Crippen molar-refractivity contribution in [2.75, 3.05) is 39.9 Å². The Balaban J connectivity index is 1.73. The summed E-state index contributed by atoms with van der Waals surface area (Å²) in [5, 5.41) is 1.31. The normalized spacial score (nSPS) is 18.8. The van der Waals surface area contributed by atoms with E-state index in [2.05, 4.69) is 41.6 Å². The molecule has 5 nitrogen and oxygen atoms in total. The van der Waals surface area contributed by atoms with Crippen molar-refractivity contribution in [1.82, 2.24) is 14.4 Å². The topological polar surface area (TPSA) is 37.7 Å². The monoisotopic (exact) mass is 327 g/mol. The van der Waals surface area contributed by atoms with E-state index in [0.717, 1.165) is 19.5 Å². The summed E-state index contributed by atoms with van der Waals surface area (Å²) in [7, 11) is 2.17. The molecule has 3 heterocycles. The lowest BCUT2D eigenvalue weighted by Crippen LogP contribution is -2.42. The molecule has 1 aromatic carbocycles. The highest BCUT2D eigenvalue weighted by Crippen LogP contribution is 2.31. The van der Waals surface area contributed by atoms with Crippen molar-refractivity contribution >= 4 is 16.8 Å². The van der Waals surface area contributed by atoms with Crippen LogP contribution in [0, 0.1) is 6.92 Å². The molecule has 1 aromatic heterocycles. The van der Waals surface area contributed by atoms with Gasteiger partial charge in [-0.05, 0) is 31.7 Å². The molecule has 0 bridgehead atoms. The number of aromatic nitrogens is 1. The molecule has 1 fully saturated rings. The minimum atomic E-state index is 0.206. The lowest BCUT2D eigenvalue weighted by Gasteiger charge is -2.28. The van der Waals surface area contributed by atoms with Gasteiger partial charge in [0.15, 0.2) is 0 Å².